The Hall–Kier alpha value is -1.79. The van der Waals surface area contributed by atoms with Crippen molar-refractivity contribution in [2.24, 2.45) is 0 Å². The van der Waals surface area contributed by atoms with Crippen LogP contribution in [0.3, 0.4) is 0 Å². The first-order valence-electron chi connectivity index (χ1n) is 7.47. The van der Waals surface area contributed by atoms with Crippen molar-refractivity contribution in [3.8, 4) is 11.3 Å². The fourth-order valence-corrected chi connectivity index (χ4v) is 2.39. The average Bonchev–Trinajstić information content (AvgIpc) is 2.71. The van der Waals surface area contributed by atoms with Crippen LogP contribution < -0.4 is 5.46 Å². The van der Waals surface area contributed by atoms with E-state index in [9.17, 15) is 8.78 Å². The molecule has 0 saturated carbocycles. The van der Waals surface area contributed by atoms with Crippen LogP contribution in [0.4, 0.5) is 8.78 Å². The highest BCUT2D eigenvalue weighted by Gasteiger charge is 2.51. The Labute approximate surface area is 134 Å². The molecule has 1 fully saturated rings. The van der Waals surface area contributed by atoms with Gasteiger partial charge in [0.1, 0.15) is 0 Å². The molecule has 1 aromatic carbocycles. The first-order chi connectivity index (χ1) is 10.7. The van der Waals surface area contributed by atoms with Gasteiger partial charge in [0.2, 0.25) is 0 Å². The second kappa shape index (κ2) is 5.39. The first-order valence-corrected chi connectivity index (χ1v) is 7.47. The molecule has 3 nitrogen and oxygen atoms in total. The summed E-state index contributed by atoms with van der Waals surface area (Å²) in [4.78, 5) is 4.22. The van der Waals surface area contributed by atoms with Crippen molar-refractivity contribution >= 4 is 12.6 Å². The molecule has 23 heavy (non-hydrogen) atoms. The highest BCUT2D eigenvalue weighted by molar-refractivity contribution is 6.62. The summed E-state index contributed by atoms with van der Waals surface area (Å²) in [6, 6.07) is 7.29. The van der Waals surface area contributed by atoms with Crippen molar-refractivity contribution in [1.82, 2.24) is 4.98 Å². The first kappa shape index (κ1) is 16.1. The summed E-state index contributed by atoms with van der Waals surface area (Å²) < 4.78 is 38.5. The maximum atomic E-state index is 13.4. The third kappa shape index (κ3) is 2.89. The third-order valence-corrected chi connectivity index (χ3v) is 4.52. The summed E-state index contributed by atoms with van der Waals surface area (Å²) in [5.74, 6) is -1.78. The molecule has 2 heterocycles. The largest absolute Gasteiger partial charge is 0.494 e. The lowest BCUT2D eigenvalue weighted by atomic mass is 9.79. The predicted octanol–water partition coefficient (Wildman–Crippen LogP) is 3.33. The topological polar surface area (TPSA) is 31.4 Å². The van der Waals surface area contributed by atoms with Crippen LogP contribution in [0, 0.1) is 11.6 Å². The van der Waals surface area contributed by atoms with Gasteiger partial charge >= 0.3 is 7.12 Å². The van der Waals surface area contributed by atoms with Gasteiger partial charge in [0, 0.05) is 11.8 Å². The highest BCUT2D eigenvalue weighted by Crippen LogP contribution is 2.36. The fourth-order valence-electron chi connectivity index (χ4n) is 2.39. The molecule has 6 heteroatoms. The zero-order chi connectivity index (χ0) is 16.8. The van der Waals surface area contributed by atoms with Gasteiger partial charge in [0.25, 0.3) is 0 Å². The van der Waals surface area contributed by atoms with Gasteiger partial charge in [-0.3, -0.25) is 4.98 Å². The Morgan fingerprint density at radius 3 is 2.17 bits per heavy atom. The van der Waals surface area contributed by atoms with Crippen LogP contribution in [0.15, 0.2) is 36.5 Å². The van der Waals surface area contributed by atoms with E-state index in [0.29, 0.717) is 11.3 Å². The molecule has 0 spiro atoms. The number of aromatic nitrogens is 1. The molecule has 1 saturated heterocycles. The van der Waals surface area contributed by atoms with Crippen molar-refractivity contribution in [2.45, 2.75) is 38.9 Å². The molecular formula is C17H18BF2NO2. The number of rotatable bonds is 2. The van der Waals surface area contributed by atoms with Gasteiger partial charge in [0.15, 0.2) is 11.6 Å². The molecule has 0 amide bonds. The van der Waals surface area contributed by atoms with E-state index in [-0.39, 0.29) is 0 Å². The SMILES string of the molecule is CC1(C)OB(c2ccnc(-c3ccc(F)c(F)c3)c2)OC1(C)C. The number of benzene rings is 1. The standard InChI is InChI=1S/C17H18BF2NO2/c1-16(2)17(3,4)23-18(22-16)12-7-8-21-15(10-12)11-5-6-13(19)14(20)9-11/h5-10H,1-4H3. The minimum atomic E-state index is -0.898. The van der Waals surface area contributed by atoms with Gasteiger partial charge in [-0.1, -0.05) is 0 Å². The summed E-state index contributed by atoms with van der Waals surface area (Å²) in [6.07, 6.45) is 1.61. The van der Waals surface area contributed by atoms with Crippen LogP contribution in [0.5, 0.6) is 0 Å². The molecule has 2 aromatic rings. The van der Waals surface area contributed by atoms with Gasteiger partial charge in [-0.15, -0.1) is 0 Å². The second-order valence-corrected chi connectivity index (χ2v) is 6.69. The summed E-state index contributed by atoms with van der Waals surface area (Å²) in [6.45, 7) is 7.91. The predicted molar refractivity (Wildman–Crippen MR) is 85.3 cm³/mol. The minimum absolute atomic E-state index is 0.441. The molecule has 0 aliphatic carbocycles. The van der Waals surface area contributed by atoms with Gasteiger partial charge < -0.3 is 9.31 Å². The number of hydrogen-bond donors (Lipinski definition) is 0. The van der Waals surface area contributed by atoms with Gasteiger partial charge in [-0.2, -0.15) is 0 Å². The monoisotopic (exact) mass is 317 g/mol. The molecule has 0 N–H and O–H groups in total. The van der Waals surface area contributed by atoms with Crippen LogP contribution in [0.2, 0.25) is 0 Å². The molecule has 1 aliphatic rings. The zero-order valence-corrected chi connectivity index (χ0v) is 13.6. The van der Waals surface area contributed by atoms with Crippen LogP contribution in [-0.2, 0) is 9.31 Å². The molecule has 120 valence electrons. The van der Waals surface area contributed by atoms with Gasteiger partial charge in [-0.05, 0) is 63.5 Å². The lowest BCUT2D eigenvalue weighted by Crippen LogP contribution is -2.41. The zero-order valence-electron chi connectivity index (χ0n) is 13.6. The van der Waals surface area contributed by atoms with Gasteiger partial charge in [-0.25, -0.2) is 8.78 Å². The molecule has 1 aromatic heterocycles. The van der Waals surface area contributed by atoms with E-state index in [0.717, 1.165) is 17.6 Å². The van der Waals surface area contributed by atoms with E-state index < -0.39 is 30.0 Å². The Bertz CT molecular complexity index is 733. The number of pyridine rings is 1. The number of halogens is 2. The summed E-state index contributed by atoms with van der Waals surface area (Å²) >= 11 is 0. The summed E-state index contributed by atoms with van der Waals surface area (Å²) in [5, 5.41) is 0. The smallest absolute Gasteiger partial charge is 0.399 e. The Morgan fingerprint density at radius 2 is 1.57 bits per heavy atom. The minimum Gasteiger partial charge on any atom is -0.399 e. The average molecular weight is 317 g/mol. The second-order valence-electron chi connectivity index (χ2n) is 6.69. The molecule has 0 atom stereocenters. The Balaban J connectivity index is 1.93. The molecule has 0 unspecified atom stereocenters. The van der Waals surface area contributed by atoms with E-state index in [1.165, 1.54) is 6.07 Å². The van der Waals surface area contributed by atoms with Crippen LogP contribution in [0.25, 0.3) is 11.3 Å². The highest BCUT2D eigenvalue weighted by atomic mass is 19.2. The maximum Gasteiger partial charge on any atom is 0.494 e. The third-order valence-electron chi connectivity index (χ3n) is 4.52. The number of hydrogen-bond acceptors (Lipinski definition) is 3. The molecule has 3 rings (SSSR count). The molecule has 0 radical (unpaired) electrons. The van der Waals surface area contributed by atoms with E-state index in [4.69, 9.17) is 9.31 Å². The lowest BCUT2D eigenvalue weighted by Gasteiger charge is -2.32. The number of nitrogens with zero attached hydrogens (tertiary/aromatic N) is 1. The van der Waals surface area contributed by atoms with Crippen LogP contribution in [-0.4, -0.2) is 23.3 Å². The van der Waals surface area contributed by atoms with E-state index >= 15 is 0 Å². The summed E-state index contributed by atoms with van der Waals surface area (Å²) in [5.41, 5.74) is 0.948. The Kier molecular flexibility index (Phi) is 3.77. The fraction of sp³-hybridized carbons (Fsp3) is 0.353. The van der Waals surface area contributed by atoms with Crippen molar-refractivity contribution in [3.63, 3.8) is 0 Å². The van der Waals surface area contributed by atoms with Crippen molar-refractivity contribution in [3.05, 3.63) is 48.2 Å². The van der Waals surface area contributed by atoms with Crippen molar-refractivity contribution in [1.29, 1.82) is 0 Å². The van der Waals surface area contributed by atoms with Crippen molar-refractivity contribution < 1.29 is 18.1 Å². The van der Waals surface area contributed by atoms with E-state index in [1.54, 1.807) is 18.3 Å². The maximum absolute atomic E-state index is 13.4. The lowest BCUT2D eigenvalue weighted by molar-refractivity contribution is 0.00578. The normalized spacial score (nSPS) is 19.1. The van der Waals surface area contributed by atoms with Crippen molar-refractivity contribution in [2.75, 3.05) is 0 Å². The molecule has 1 aliphatic heterocycles. The van der Waals surface area contributed by atoms with Gasteiger partial charge in [0.05, 0.1) is 16.9 Å². The Morgan fingerprint density at radius 1 is 0.913 bits per heavy atom. The van der Waals surface area contributed by atoms with Crippen LogP contribution in [0.1, 0.15) is 27.7 Å². The summed E-state index contributed by atoms with van der Waals surface area (Å²) in [7, 11) is -0.521. The van der Waals surface area contributed by atoms with E-state index in [1.807, 2.05) is 27.7 Å². The van der Waals surface area contributed by atoms with Crippen LogP contribution >= 0.6 is 0 Å². The quantitative estimate of drug-likeness (QED) is 0.796. The van der Waals surface area contributed by atoms with E-state index in [2.05, 4.69) is 4.98 Å². The molecule has 0 bridgehead atoms. The molecular weight excluding hydrogens is 299 g/mol.